The number of ether oxygens (including phenoxy) is 2. The van der Waals surface area contributed by atoms with Crippen LogP contribution in [-0.2, 0) is 9.47 Å². The highest BCUT2D eigenvalue weighted by atomic mass is 16.5. The van der Waals surface area contributed by atoms with Gasteiger partial charge in [-0.15, -0.1) is 0 Å². The fraction of sp³-hybridized carbons (Fsp3) is 0.533. The molecule has 108 valence electrons. The highest BCUT2D eigenvalue weighted by molar-refractivity contribution is 5.94. The minimum absolute atomic E-state index is 0.0857. The van der Waals surface area contributed by atoms with Gasteiger partial charge >= 0.3 is 0 Å². The van der Waals surface area contributed by atoms with Crippen LogP contribution in [0.4, 0.5) is 0 Å². The Kier molecular flexibility index (Phi) is 4.30. The summed E-state index contributed by atoms with van der Waals surface area (Å²) in [4.78, 5) is 14.2. The van der Waals surface area contributed by atoms with Crippen molar-refractivity contribution in [2.24, 2.45) is 0 Å². The van der Waals surface area contributed by atoms with Gasteiger partial charge in [-0.2, -0.15) is 0 Å². The average Bonchev–Trinajstić information content (AvgIpc) is 2.56. The molecule has 0 aliphatic carbocycles. The Labute approximate surface area is 118 Å². The van der Waals surface area contributed by atoms with E-state index in [9.17, 15) is 4.79 Å². The van der Waals surface area contributed by atoms with Gasteiger partial charge in [0.1, 0.15) is 0 Å². The predicted molar refractivity (Wildman–Crippen MR) is 74.7 cm³/mol. The summed E-state index contributed by atoms with van der Waals surface area (Å²) in [6.07, 6.45) is 0.0938. The summed E-state index contributed by atoms with van der Waals surface area (Å²) in [6.45, 7) is 5.09. The maximum absolute atomic E-state index is 12.3. The third kappa shape index (κ3) is 3.00. The van der Waals surface area contributed by atoms with Crippen LogP contribution < -0.4 is 5.32 Å². The van der Waals surface area contributed by atoms with Crippen LogP contribution in [0.5, 0.6) is 0 Å². The second-order valence-corrected chi connectivity index (χ2v) is 5.09. The molecule has 20 heavy (non-hydrogen) atoms. The molecule has 1 atom stereocenters. The Morgan fingerprint density at radius 1 is 1.15 bits per heavy atom. The van der Waals surface area contributed by atoms with Crippen molar-refractivity contribution >= 4 is 5.91 Å². The maximum Gasteiger partial charge on any atom is 0.254 e. The summed E-state index contributed by atoms with van der Waals surface area (Å²) >= 11 is 0. The topological polar surface area (TPSA) is 50.8 Å². The van der Waals surface area contributed by atoms with Crippen molar-refractivity contribution < 1.29 is 14.3 Å². The molecule has 5 nitrogen and oxygen atoms in total. The molecule has 0 spiro atoms. The third-order valence-corrected chi connectivity index (χ3v) is 3.76. The van der Waals surface area contributed by atoms with Gasteiger partial charge in [-0.05, 0) is 17.7 Å². The van der Waals surface area contributed by atoms with Crippen molar-refractivity contribution in [2.45, 2.75) is 6.10 Å². The standard InChI is InChI=1S/C15H20N2O3/c18-15(17-6-9-19-10-7-17)13-3-1-12(2-4-13)14-11-16-5-8-20-14/h1-4,14,16H,5-11H2/t14-/m1/s1. The number of hydrogen-bond acceptors (Lipinski definition) is 4. The summed E-state index contributed by atoms with van der Waals surface area (Å²) in [5.41, 5.74) is 1.86. The maximum atomic E-state index is 12.3. The van der Waals surface area contributed by atoms with Crippen molar-refractivity contribution in [3.8, 4) is 0 Å². The molecule has 2 fully saturated rings. The van der Waals surface area contributed by atoms with E-state index >= 15 is 0 Å². The largest absolute Gasteiger partial charge is 0.378 e. The zero-order valence-corrected chi connectivity index (χ0v) is 11.5. The molecule has 0 radical (unpaired) electrons. The highest BCUT2D eigenvalue weighted by Crippen LogP contribution is 2.19. The molecule has 3 rings (SSSR count). The average molecular weight is 276 g/mol. The number of amides is 1. The van der Waals surface area contributed by atoms with Crippen molar-refractivity contribution in [1.29, 1.82) is 0 Å². The Hall–Kier alpha value is -1.43. The van der Waals surface area contributed by atoms with Crippen LogP contribution >= 0.6 is 0 Å². The smallest absolute Gasteiger partial charge is 0.254 e. The van der Waals surface area contributed by atoms with Crippen LogP contribution in [0.25, 0.3) is 0 Å². The second-order valence-electron chi connectivity index (χ2n) is 5.09. The van der Waals surface area contributed by atoms with Crippen LogP contribution in [0.15, 0.2) is 24.3 Å². The summed E-state index contributed by atoms with van der Waals surface area (Å²) in [5, 5.41) is 3.31. The Bertz CT molecular complexity index is 449. The van der Waals surface area contributed by atoms with Crippen molar-refractivity contribution in [3.63, 3.8) is 0 Å². The van der Waals surface area contributed by atoms with Crippen molar-refractivity contribution in [1.82, 2.24) is 10.2 Å². The van der Waals surface area contributed by atoms with E-state index in [1.165, 1.54) is 0 Å². The number of rotatable bonds is 2. The van der Waals surface area contributed by atoms with Crippen LogP contribution in [0, 0.1) is 0 Å². The van der Waals surface area contributed by atoms with Gasteiger partial charge in [0.15, 0.2) is 0 Å². The molecule has 2 aliphatic heterocycles. The van der Waals surface area contributed by atoms with E-state index in [1.54, 1.807) is 0 Å². The zero-order chi connectivity index (χ0) is 13.8. The quantitative estimate of drug-likeness (QED) is 0.869. The SMILES string of the molecule is O=C(c1ccc([C@H]2CNCCO2)cc1)N1CCOCC1. The summed E-state index contributed by atoms with van der Waals surface area (Å²) in [7, 11) is 0. The number of morpholine rings is 2. The lowest BCUT2D eigenvalue weighted by Gasteiger charge is -2.27. The first-order chi connectivity index (χ1) is 9.84. The van der Waals surface area contributed by atoms with E-state index in [0.717, 1.165) is 30.8 Å². The second kappa shape index (κ2) is 6.35. The Morgan fingerprint density at radius 3 is 2.55 bits per heavy atom. The molecule has 2 heterocycles. The van der Waals surface area contributed by atoms with Crippen LogP contribution in [0.3, 0.4) is 0 Å². The molecule has 0 aromatic heterocycles. The molecule has 1 aromatic rings. The van der Waals surface area contributed by atoms with Gasteiger partial charge in [-0.3, -0.25) is 4.79 Å². The van der Waals surface area contributed by atoms with Crippen molar-refractivity contribution in [2.75, 3.05) is 46.0 Å². The van der Waals surface area contributed by atoms with Gasteiger partial charge in [0.25, 0.3) is 5.91 Å². The number of nitrogens with one attached hydrogen (secondary N) is 1. The molecule has 0 saturated carbocycles. The molecule has 1 aromatic carbocycles. The number of benzene rings is 1. The molecular weight excluding hydrogens is 256 g/mol. The van der Waals surface area contributed by atoms with Gasteiger partial charge < -0.3 is 19.7 Å². The molecule has 5 heteroatoms. The molecule has 0 bridgehead atoms. The van der Waals surface area contributed by atoms with E-state index in [-0.39, 0.29) is 12.0 Å². The normalized spacial score (nSPS) is 23.6. The number of hydrogen-bond donors (Lipinski definition) is 1. The van der Waals surface area contributed by atoms with E-state index in [0.29, 0.717) is 26.3 Å². The predicted octanol–water partition coefficient (Wildman–Crippen LogP) is 0.820. The zero-order valence-electron chi connectivity index (χ0n) is 11.5. The first-order valence-corrected chi connectivity index (χ1v) is 7.14. The van der Waals surface area contributed by atoms with Gasteiger partial charge in [-0.25, -0.2) is 0 Å². The van der Waals surface area contributed by atoms with E-state index in [4.69, 9.17) is 9.47 Å². The van der Waals surface area contributed by atoms with Crippen molar-refractivity contribution in [3.05, 3.63) is 35.4 Å². The van der Waals surface area contributed by atoms with E-state index in [2.05, 4.69) is 5.32 Å². The summed E-state index contributed by atoms with van der Waals surface area (Å²) < 4.78 is 11.0. The third-order valence-electron chi connectivity index (χ3n) is 3.76. The lowest BCUT2D eigenvalue weighted by Crippen LogP contribution is -2.40. The number of carbonyl (C=O) groups excluding carboxylic acids is 1. The van der Waals surface area contributed by atoms with Gasteiger partial charge in [0.05, 0.1) is 25.9 Å². The number of nitrogens with zero attached hydrogens (tertiary/aromatic N) is 1. The minimum atomic E-state index is 0.0857. The summed E-state index contributed by atoms with van der Waals surface area (Å²) in [5.74, 6) is 0.0857. The molecule has 2 saturated heterocycles. The molecule has 2 aliphatic rings. The van der Waals surface area contributed by atoms with Crippen LogP contribution in [-0.4, -0.2) is 56.8 Å². The van der Waals surface area contributed by atoms with Crippen LogP contribution in [0.2, 0.25) is 0 Å². The van der Waals surface area contributed by atoms with E-state index in [1.807, 2.05) is 29.2 Å². The molecule has 0 unspecified atom stereocenters. The van der Waals surface area contributed by atoms with E-state index < -0.39 is 0 Å². The first-order valence-electron chi connectivity index (χ1n) is 7.14. The Morgan fingerprint density at radius 2 is 1.90 bits per heavy atom. The fourth-order valence-electron chi connectivity index (χ4n) is 2.57. The van der Waals surface area contributed by atoms with Gasteiger partial charge in [-0.1, -0.05) is 12.1 Å². The molecule has 1 amide bonds. The van der Waals surface area contributed by atoms with Gasteiger partial charge in [0, 0.05) is 31.7 Å². The van der Waals surface area contributed by atoms with Gasteiger partial charge in [0.2, 0.25) is 0 Å². The lowest BCUT2D eigenvalue weighted by atomic mass is 10.1. The van der Waals surface area contributed by atoms with Crippen LogP contribution in [0.1, 0.15) is 22.0 Å². The fourth-order valence-corrected chi connectivity index (χ4v) is 2.57. The summed E-state index contributed by atoms with van der Waals surface area (Å²) in [6, 6.07) is 7.77. The molecule has 1 N–H and O–H groups in total. The first kappa shape index (κ1) is 13.5. The molecular formula is C15H20N2O3. The monoisotopic (exact) mass is 276 g/mol. The Balaban J connectivity index is 1.67. The number of carbonyl (C=O) groups is 1. The lowest BCUT2D eigenvalue weighted by molar-refractivity contribution is 0.0274. The minimum Gasteiger partial charge on any atom is -0.378 e. The highest BCUT2D eigenvalue weighted by Gasteiger charge is 2.20.